The number of hydrogen-bond donors (Lipinski definition) is 1. The summed E-state index contributed by atoms with van der Waals surface area (Å²) in [7, 11) is 0. The highest BCUT2D eigenvalue weighted by Crippen LogP contribution is 2.29. The lowest BCUT2D eigenvalue weighted by atomic mass is 9.97. The summed E-state index contributed by atoms with van der Waals surface area (Å²) in [6.45, 7) is 5.17. The van der Waals surface area contributed by atoms with E-state index < -0.39 is 0 Å². The van der Waals surface area contributed by atoms with E-state index in [1.54, 1.807) is 35.9 Å². The van der Waals surface area contributed by atoms with E-state index in [9.17, 15) is 4.79 Å². The zero-order valence-electron chi connectivity index (χ0n) is 14.6. The van der Waals surface area contributed by atoms with Gasteiger partial charge in [0.1, 0.15) is 0 Å². The van der Waals surface area contributed by atoms with E-state index in [0.717, 1.165) is 24.6 Å². The Hall–Kier alpha value is -1.98. The van der Waals surface area contributed by atoms with E-state index in [2.05, 4.69) is 39.6 Å². The second-order valence-corrected chi connectivity index (χ2v) is 7.59. The van der Waals surface area contributed by atoms with Crippen molar-refractivity contribution in [2.24, 2.45) is 5.92 Å². The van der Waals surface area contributed by atoms with Crippen molar-refractivity contribution in [1.82, 2.24) is 15.2 Å². The summed E-state index contributed by atoms with van der Waals surface area (Å²) < 4.78 is 0. The van der Waals surface area contributed by atoms with Gasteiger partial charge in [0.2, 0.25) is 5.91 Å². The molecule has 2 aromatic heterocycles. The molecule has 132 valence electrons. The summed E-state index contributed by atoms with van der Waals surface area (Å²) in [5, 5.41) is 5.18. The minimum atomic E-state index is -0.0595. The van der Waals surface area contributed by atoms with Crippen molar-refractivity contribution in [3.8, 4) is 0 Å². The number of likely N-dealkylation sites (tertiary alicyclic amines) is 1. The van der Waals surface area contributed by atoms with Crippen LogP contribution in [0.15, 0.2) is 48.1 Å². The van der Waals surface area contributed by atoms with Crippen LogP contribution in [0.4, 0.5) is 0 Å². The summed E-state index contributed by atoms with van der Waals surface area (Å²) >= 11 is 1.77. The van der Waals surface area contributed by atoms with Crippen molar-refractivity contribution in [1.29, 1.82) is 0 Å². The highest BCUT2D eigenvalue weighted by molar-refractivity contribution is 7.10. The Bertz CT molecular complexity index is 676. The SMILES string of the molecule is CC1CCN(C(CNC(=O)/C=C/c2cccnc2)c2cccs2)CC1. The Morgan fingerprint density at radius 2 is 2.24 bits per heavy atom. The van der Waals surface area contributed by atoms with Gasteiger partial charge in [0.25, 0.3) is 0 Å². The lowest BCUT2D eigenvalue weighted by Gasteiger charge is -2.36. The van der Waals surface area contributed by atoms with Gasteiger partial charge < -0.3 is 5.32 Å². The van der Waals surface area contributed by atoms with Crippen LogP contribution in [0.1, 0.15) is 36.2 Å². The van der Waals surface area contributed by atoms with Crippen LogP contribution in [0.3, 0.4) is 0 Å². The normalized spacial score (nSPS) is 17.6. The number of pyridine rings is 1. The molecule has 1 aliphatic heterocycles. The van der Waals surface area contributed by atoms with Gasteiger partial charge in [0.15, 0.2) is 0 Å². The number of aromatic nitrogens is 1. The van der Waals surface area contributed by atoms with Gasteiger partial charge in [-0.1, -0.05) is 19.1 Å². The number of hydrogen-bond acceptors (Lipinski definition) is 4. The van der Waals surface area contributed by atoms with Crippen molar-refractivity contribution in [3.05, 3.63) is 58.6 Å². The third kappa shape index (κ3) is 5.25. The Morgan fingerprint density at radius 1 is 1.40 bits per heavy atom. The van der Waals surface area contributed by atoms with Crippen LogP contribution < -0.4 is 5.32 Å². The van der Waals surface area contributed by atoms with E-state index >= 15 is 0 Å². The van der Waals surface area contributed by atoms with Crippen molar-refractivity contribution >= 4 is 23.3 Å². The lowest BCUT2D eigenvalue weighted by Crippen LogP contribution is -2.41. The second-order valence-electron chi connectivity index (χ2n) is 6.61. The molecule has 1 amide bonds. The van der Waals surface area contributed by atoms with Gasteiger partial charge >= 0.3 is 0 Å². The maximum Gasteiger partial charge on any atom is 0.244 e. The highest BCUT2D eigenvalue weighted by atomic mass is 32.1. The van der Waals surface area contributed by atoms with Crippen molar-refractivity contribution in [3.63, 3.8) is 0 Å². The monoisotopic (exact) mass is 355 g/mol. The molecule has 1 aliphatic rings. The largest absolute Gasteiger partial charge is 0.351 e. The fraction of sp³-hybridized carbons (Fsp3) is 0.400. The number of nitrogens with zero attached hydrogens (tertiary/aromatic N) is 2. The van der Waals surface area contributed by atoms with Crippen molar-refractivity contribution in [2.75, 3.05) is 19.6 Å². The lowest BCUT2D eigenvalue weighted by molar-refractivity contribution is -0.116. The number of amides is 1. The third-order valence-corrected chi connectivity index (χ3v) is 5.69. The minimum Gasteiger partial charge on any atom is -0.351 e. The molecular formula is C20H25N3OS. The summed E-state index contributed by atoms with van der Waals surface area (Å²) in [6, 6.07) is 8.32. The summed E-state index contributed by atoms with van der Waals surface area (Å²) in [5.74, 6) is 0.744. The smallest absolute Gasteiger partial charge is 0.244 e. The molecule has 0 saturated carbocycles. The van der Waals surface area contributed by atoms with Gasteiger partial charge in [-0.3, -0.25) is 14.7 Å². The molecule has 25 heavy (non-hydrogen) atoms. The second kappa shape index (κ2) is 8.92. The zero-order chi connectivity index (χ0) is 17.5. The average Bonchev–Trinajstić information content (AvgIpc) is 3.17. The van der Waals surface area contributed by atoms with Gasteiger partial charge in [-0.2, -0.15) is 0 Å². The summed E-state index contributed by atoms with van der Waals surface area (Å²) in [4.78, 5) is 20.1. The standard InChI is InChI=1S/C20H25N3OS/c1-16-8-11-23(12-9-16)18(19-5-3-13-25-19)15-22-20(24)7-6-17-4-2-10-21-14-17/h2-7,10,13-14,16,18H,8-9,11-12,15H2,1H3,(H,22,24)/b7-6+. The zero-order valence-corrected chi connectivity index (χ0v) is 15.4. The average molecular weight is 356 g/mol. The molecule has 1 N–H and O–H groups in total. The highest BCUT2D eigenvalue weighted by Gasteiger charge is 2.25. The molecular weight excluding hydrogens is 330 g/mol. The first-order valence-corrected chi connectivity index (χ1v) is 9.74. The third-order valence-electron chi connectivity index (χ3n) is 4.71. The molecule has 0 spiro atoms. The maximum atomic E-state index is 12.2. The molecule has 1 saturated heterocycles. The first-order chi connectivity index (χ1) is 12.2. The van der Waals surface area contributed by atoms with Gasteiger partial charge in [0, 0.05) is 29.9 Å². The van der Waals surface area contributed by atoms with E-state index in [4.69, 9.17) is 0 Å². The van der Waals surface area contributed by atoms with Crippen LogP contribution in [0.25, 0.3) is 6.08 Å². The number of piperidine rings is 1. The molecule has 4 nitrogen and oxygen atoms in total. The quantitative estimate of drug-likeness (QED) is 0.803. The van der Waals surface area contributed by atoms with Crippen LogP contribution in [0.5, 0.6) is 0 Å². The van der Waals surface area contributed by atoms with E-state index in [-0.39, 0.29) is 11.9 Å². The minimum absolute atomic E-state index is 0.0595. The van der Waals surface area contributed by atoms with E-state index in [1.807, 2.05) is 12.1 Å². The molecule has 1 fully saturated rings. The maximum absolute atomic E-state index is 12.2. The predicted molar refractivity (Wildman–Crippen MR) is 103 cm³/mol. The molecule has 0 aromatic carbocycles. The first kappa shape index (κ1) is 17.8. The summed E-state index contributed by atoms with van der Waals surface area (Å²) in [5.41, 5.74) is 0.928. The molecule has 0 radical (unpaired) electrons. The Morgan fingerprint density at radius 3 is 2.92 bits per heavy atom. The molecule has 0 aliphatic carbocycles. The molecule has 3 rings (SSSR count). The first-order valence-electron chi connectivity index (χ1n) is 8.86. The number of thiophene rings is 1. The Balaban J connectivity index is 1.59. The molecule has 2 aromatic rings. The van der Waals surface area contributed by atoms with Crippen molar-refractivity contribution < 1.29 is 4.79 Å². The molecule has 1 unspecified atom stereocenters. The number of carbonyl (C=O) groups is 1. The topological polar surface area (TPSA) is 45.2 Å². The molecule has 0 bridgehead atoms. The molecule has 1 atom stereocenters. The Labute approximate surface area is 153 Å². The van der Waals surface area contributed by atoms with Gasteiger partial charge in [-0.25, -0.2) is 0 Å². The van der Waals surface area contributed by atoms with Crippen molar-refractivity contribution in [2.45, 2.75) is 25.8 Å². The van der Waals surface area contributed by atoms with Crippen LogP contribution >= 0.6 is 11.3 Å². The molecule has 5 heteroatoms. The fourth-order valence-corrected chi connectivity index (χ4v) is 3.99. The molecule has 3 heterocycles. The predicted octanol–water partition coefficient (Wildman–Crippen LogP) is 3.75. The fourth-order valence-electron chi connectivity index (χ4n) is 3.13. The van der Waals surface area contributed by atoms with Gasteiger partial charge in [0.05, 0.1) is 6.04 Å². The Kier molecular flexibility index (Phi) is 6.36. The van der Waals surface area contributed by atoms with Crippen LogP contribution in [-0.2, 0) is 4.79 Å². The van der Waals surface area contributed by atoms with Crippen LogP contribution in [-0.4, -0.2) is 35.4 Å². The van der Waals surface area contributed by atoms with Gasteiger partial charge in [-0.15, -0.1) is 11.3 Å². The number of nitrogens with one attached hydrogen (secondary N) is 1. The van der Waals surface area contributed by atoms with Gasteiger partial charge in [-0.05, 0) is 61.0 Å². The number of carbonyl (C=O) groups excluding carboxylic acids is 1. The van der Waals surface area contributed by atoms with Crippen LogP contribution in [0.2, 0.25) is 0 Å². The van der Waals surface area contributed by atoms with E-state index in [1.165, 1.54) is 17.7 Å². The van der Waals surface area contributed by atoms with E-state index in [0.29, 0.717) is 6.54 Å². The number of rotatable bonds is 6. The van der Waals surface area contributed by atoms with Crippen LogP contribution in [0, 0.1) is 5.92 Å². The summed E-state index contributed by atoms with van der Waals surface area (Å²) in [6.07, 6.45) is 9.31.